The number of hydrogen-bond donors (Lipinski definition) is 1. The fourth-order valence-corrected chi connectivity index (χ4v) is 5.41. The van der Waals surface area contributed by atoms with Crippen molar-refractivity contribution in [3.8, 4) is 5.75 Å². The lowest BCUT2D eigenvalue weighted by Crippen LogP contribution is -2.29. The van der Waals surface area contributed by atoms with Crippen LogP contribution in [0.15, 0.2) is 58.6 Å². The van der Waals surface area contributed by atoms with Gasteiger partial charge in [-0.25, -0.2) is 9.78 Å². The highest BCUT2D eigenvalue weighted by Gasteiger charge is 2.48. The standard InChI is InChI=1S/C27H25BrN2O6S/c1-4-12-36-19-11-7-9-17(14-19)22(31)20-21(16-8-6-10-18(28)13-16)30(25(33)23(20)32)27-29-15(3)24(37-27)26(34)35-5-2/h6-11,13-14,21,31H,4-5,12H2,1-3H3/b22-20+. The zero-order valence-corrected chi connectivity index (χ0v) is 22.9. The molecule has 37 heavy (non-hydrogen) atoms. The van der Waals surface area contributed by atoms with E-state index in [-0.39, 0.29) is 27.9 Å². The summed E-state index contributed by atoms with van der Waals surface area (Å²) >= 11 is 4.41. The average molecular weight is 585 g/mol. The lowest BCUT2D eigenvalue weighted by molar-refractivity contribution is -0.132. The summed E-state index contributed by atoms with van der Waals surface area (Å²) in [7, 11) is 0. The molecular weight excluding hydrogens is 560 g/mol. The maximum atomic E-state index is 13.4. The molecule has 1 unspecified atom stereocenters. The SMILES string of the molecule is CCCOc1cccc(/C(O)=C2\C(=O)C(=O)N(c3nc(C)c(C(=O)OCC)s3)C2c2cccc(Br)c2)c1. The van der Waals surface area contributed by atoms with Gasteiger partial charge in [0.1, 0.15) is 16.4 Å². The Morgan fingerprint density at radius 3 is 2.62 bits per heavy atom. The normalized spacial score (nSPS) is 16.8. The molecule has 0 bridgehead atoms. The van der Waals surface area contributed by atoms with Crippen molar-refractivity contribution in [2.75, 3.05) is 18.1 Å². The number of esters is 1. The number of ether oxygens (including phenoxy) is 2. The number of rotatable bonds is 8. The monoisotopic (exact) mass is 584 g/mol. The summed E-state index contributed by atoms with van der Waals surface area (Å²) in [5.41, 5.74) is 1.23. The van der Waals surface area contributed by atoms with Gasteiger partial charge in [-0.2, -0.15) is 0 Å². The van der Waals surface area contributed by atoms with Gasteiger partial charge in [0.25, 0.3) is 5.78 Å². The minimum Gasteiger partial charge on any atom is -0.507 e. The van der Waals surface area contributed by atoms with Gasteiger partial charge in [-0.05, 0) is 50.1 Å². The number of aliphatic hydroxyl groups is 1. The van der Waals surface area contributed by atoms with E-state index in [2.05, 4.69) is 20.9 Å². The molecule has 10 heteroatoms. The Kier molecular flexibility index (Phi) is 8.09. The second kappa shape index (κ2) is 11.3. The number of ketones is 1. The van der Waals surface area contributed by atoms with Crippen LogP contribution in [0.5, 0.6) is 5.75 Å². The molecule has 1 amide bonds. The van der Waals surface area contributed by atoms with Crippen LogP contribution in [0.3, 0.4) is 0 Å². The first-order valence-electron chi connectivity index (χ1n) is 11.7. The van der Waals surface area contributed by atoms with Crippen molar-refractivity contribution in [2.45, 2.75) is 33.2 Å². The summed E-state index contributed by atoms with van der Waals surface area (Å²) in [6.07, 6.45) is 0.811. The van der Waals surface area contributed by atoms with Crippen LogP contribution >= 0.6 is 27.3 Å². The smallest absolute Gasteiger partial charge is 0.350 e. The fourth-order valence-electron chi connectivity index (χ4n) is 4.00. The molecule has 2 heterocycles. The third-order valence-corrected chi connectivity index (χ3v) is 7.27. The van der Waals surface area contributed by atoms with Crippen LogP contribution < -0.4 is 9.64 Å². The number of benzene rings is 2. The molecule has 4 rings (SSSR count). The Hall–Kier alpha value is -3.50. The van der Waals surface area contributed by atoms with Crippen molar-refractivity contribution in [3.63, 3.8) is 0 Å². The molecule has 1 aromatic heterocycles. The Bertz CT molecular complexity index is 1400. The van der Waals surface area contributed by atoms with Crippen LogP contribution in [0.1, 0.15) is 52.8 Å². The summed E-state index contributed by atoms with van der Waals surface area (Å²) < 4.78 is 11.5. The van der Waals surface area contributed by atoms with E-state index < -0.39 is 23.7 Å². The van der Waals surface area contributed by atoms with E-state index >= 15 is 0 Å². The number of hydrogen-bond acceptors (Lipinski definition) is 8. The second-order valence-electron chi connectivity index (χ2n) is 8.23. The van der Waals surface area contributed by atoms with E-state index in [1.165, 1.54) is 4.90 Å². The largest absolute Gasteiger partial charge is 0.507 e. The molecule has 1 fully saturated rings. The topological polar surface area (TPSA) is 106 Å². The van der Waals surface area contributed by atoms with Crippen molar-refractivity contribution in [1.29, 1.82) is 0 Å². The molecule has 0 saturated carbocycles. The van der Waals surface area contributed by atoms with Gasteiger partial charge in [0.15, 0.2) is 5.13 Å². The van der Waals surface area contributed by atoms with Crippen LogP contribution in [0.4, 0.5) is 5.13 Å². The molecule has 1 aliphatic rings. The number of aliphatic hydroxyl groups excluding tert-OH is 1. The van der Waals surface area contributed by atoms with E-state index in [0.717, 1.165) is 22.2 Å². The number of aromatic nitrogens is 1. The quantitative estimate of drug-likeness (QED) is 0.154. The Morgan fingerprint density at radius 1 is 1.16 bits per heavy atom. The summed E-state index contributed by atoms with van der Waals surface area (Å²) in [6.45, 7) is 6.01. The second-order valence-corrected chi connectivity index (χ2v) is 10.1. The van der Waals surface area contributed by atoms with Gasteiger partial charge in [0, 0.05) is 10.0 Å². The molecule has 0 aliphatic carbocycles. The maximum Gasteiger partial charge on any atom is 0.350 e. The van der Waals surface area contributed by atoms with E-state index in [4.69, 9.17) is 9.47 Å². The molecule has 1 N–H and O–H groups in total. The lowest BCUT2D eigenvalue weighted by atomic mass is 9.95. The molecule has 0 radical (unpaired) electrons. The van der Waals surface area contributed by atoms with Crippen molar-refractivity contribution in [2.24, 2.45) is 0 Å². The zero-order valence-electron chi connectivity index (χ0n) is 20.5. The third-order valence-electron chi connectivity index (χ3n) is 5.64. The predicted molar refractivity (Wildman–Crippen MR) is 144 cm³/mol. The molecule has 8 nitrogen and oxygen atoms in total. The Morgan fingerprint density at radius 2 is 1.92 bits per heavy atom. The first-order valence-corrected chi connectivity index (χ1v) is 13.3. The number of halogens is 1. The van der Waals surface area contributed by atoms with Crippen LogP contribution in [-0.4, -0.2) is 41.0 Å². The van der Waals surface area contributed by atoms with Crippen molar-refractivity contribution >= 4 is 55.8 Å². The fraction of sp³-hybridized carbons (Fsp3) is 0.259. The first kappa shape index (κ1) is 26.6. The molecular formula is C27H25BrN2O6S. The minimum absolute atomic E-state index is 0.0821. The van der Waals surface area contributed by atoms with Crippen molar-refractivity contribution in [3.05, 3.63) is 80.3 Å². The maximum absolute atomic E-state index is 13.4. The summed E-state index contributed by atoms with van der Waals surface area (Å²) in [4.78, 5) is 45.1. The van der Waals surface area contributed by atoms with E-state index in [1.54, 1.807) is 56.3 Å². The molecule has 2 aromatic carbocycles. The van der Waals surface area contributed by atoms with E-state index in [0.29, 0.717) is 29.2 Å². The van der Waals surface area contributed by atoms with Crippen LogP contribution in [0.25, 0.3) is 5.76 Å². The number of carbonyl (C=O) groups is 3. The minimum atomic E-state index is -0.974. The third kappa shape index (κ3) is 5.30. The molecule has 1 aliphatic heterocycles. The molecule has 3 aromatic rings. The Labute approximate surface area is 226 Å². The molecule has 0 spiro atoms. The van der Waals surface area contributed by atoms with Gasteiger partial charge in [-0.1, -0.05) is 58.5 Å². The van der Waals surface area contributed by atoms with Gasteiger partial charge in [-0.15, -0.1) is 0 Å². The number of thiazole rings is 1. The van der Waals surface area contributed by atoms with Gasteiger partial charge in [0.05, 0.1) is 30.5 Å². The molecule has 1 saturated heterocycles. The number of Topliss-reactive ketones (excluding diaryl/α,β-unsaturated/α-hetero) is 1. The highest BCUT2D eigenvalue weighted by Crippen LogP contribution is 2.44. The van der Waals surface area contributed by atoms with Crippen molar-refractivity contribution in [1.82, 2.24) is 4.98 Å². The number of nitrogens with zero attached hydrogens (tertiary/aromatic N) is 2. The van der Waals surface area contributed by atoms with E-state index in [9.17, 15) is 19.5 Å². The number of anilines is 1. The highest BCUT2D eigenvalue weighted by atomic mass is 79.9. The van der Waals surface area contributed by atoms with Crippen LogP contribution in [-0.2, 0) is 14.3 Å². The predicted octanol–water partition coefficient (Wildman–Crippen LogP) is 5.81. The first-order chi connectivity index (χ1) is 17.8. The lowest BCUT2D eigenvalue weighted by Gasteiger charge is -2.23. The Balaban J connectivity index is 1.88. The highest BCUT2D eigenvalue weighted by molar-refractivity contribution is 9.10. The molecule has 192 valence electrons. The van der Waals surface area contributed by atoms with Gasteiger partial charge in [-0.3, -0.25) is 14.5 Å². The molecule has 1 atom stereocenters. The van der Waals surface area contributed by atoms with Gasteiger partial charge in [0.2, 0.25) is 0 Å². The van der Waals surface area contributed by atoms with E-state index in [1.807, 2.05) is 13.0 Å². The van der Waals surface area contributed by atoms with Crippen LogP contribution in [0.2, 0.25) is 0 Å². The zero-order chi connectivity index (χ0) is 26.7. The number of carbonyl (C=O) groups excluding carboxylic acids is 3. The van der Waals surface area contributed by atoms with Crippen molar-refractivity contribution < 1.29 is 29.0 Å². The number of aryl methyl sites for hydroxylation is 1. The number of amides is 1. The van der Waals surface area contributed by atoms with Gasteiger partial charge < -0.3 is 14.6 Å². The summed E-state index contributed by atoms with van der Waals surface area (Å²) in [5.74, 6) is -2.05. The summed E-state index contributed by atoms with van der Waals surface area (Å²) in [6, 6.07) is 12.9. The summed E-state index contributed by atoms with van der Waals surface area (Å²) in [5, 5.41) is 11.5. The van der Waals surface area contributed by atoms with Gasteiger partial charge >= 0.3 is 11.9 Å². The van der Waals surface area contributed by atoms with Crippen LogP contribution in [0, 0.1) is 6.92 Å². The average Bonchev–Trinajstić information content (AvgIpc) is 3.39.